The number of nitriles is 1. The Hall–Kier alpha value is -1.56. The zero-order valence-electron chi connectivity index (χ0n) is 11.9. The molecule has 1 aromatic heterocycles. The van der Waals surface area contributed by atoms with Gasteiger partial charge in [-0.25, -0.2) is 4.98 Å². The lowest BCUT2D eigenvalue weighted by Crippen LogP contribution is -2.27. The van der Waals surface area contributed by atoms with Crippen molar-refractivity contribution in [2.45, 2.75) is 57.4 Å². The molecule has 3 atom stereocenters. The zero-order valence-corrected chi connectivity index (χ0v) is 11.9. The Balaban J connectivity index is 1.62. The van der Waals surface area contributed by atoms with E-state index in [1.807, 2.05) is 0 Å². The molecule has 0 aromatic carbocycles. The van der Waals surface area contributed by atoms with Crippen LogP contribution in [0.2, 0.25) is 0 Å². The third-order valence-corrected chi connectivity index (χ3v) is 5.48. The van der Waals surface area contributed by atoms with Crippen LogP contribution in [0.5, 0.6) is 0 Å². The van der Waals surface area contributed by atoms with Gasteiger partial charge in [0.05, 0.1) is 5.56 Å². The number of nitrogens with one attached hydrogen (secondary N) is 1. The molecular weight excluding hydrogens is 246 g/mol. The van der Waals surface area contributed by atoms with Crippen molar-refractivity contribution in [1.29, 1.82) is 5.26 Å². The van der Waals surface area contributed by atoms with Crippen LogP contribution < -0.4 is 5.32 Å². The van der Waals surface area contributed by atoms with E-state index in [1.165, 1.54) is 49.8 Å². The molecule has 2 fully saturated rings. The second-order valence-corrected chi connectivity index (χ2v) is 6.73. The van der Waals surface area contributed by atoms with Gasteiger partial charge in [0.15, 0.2) is 0 Å². The molecule has 0 radical (unpaired) electrons. The van der Waals surface area contributed by atoms with Gasteiger partial charge in [0.2, 0.25) is 0 Å². The summed E-state index contributed by atoms with van der Waals surface area (Å²) in [4.78, 5) is 4.80. The van der Waals surface area contributed by atoms with Crippen LogP contribution in [0.1, 0.15) is 55.3 Å². The Bertz CT molecular complexity index is 572. The minimum atomic E-state index is 0.551. The molecule has 104 valence electrons. The predicted molar refractivity (Wildman–Crippen MR) is 78.5 cm³/mol. The summed E-state index contributed by atoms with van der Waals surface area (Å²) in [6, 6.07) is 4.97. The van der Waals surface area contributed by atoms with Crippen molar-refractivity contribution in [3.63, 3.8) is 0 Å². The van der Waals surface area contributed by atoms with Crippen molar-refractivity contribution in [3.05, 3.63) is 22.9 Å². The minimum Gasteiger partial charge on any atom is -0.366 e. The van der Waals surface area contributed by atoms with Crippen LogP contribution in [0.3, 0.4) is 0 Å². The molecule has 3 unspecified atom stereocenters. The SMILES string of the molecule is N#Cc1cc2c(nc1NC1CC3CCC1C3)CCCC2. The van der Waals surface area contributed by atoms with E-state index >= 15 is 0 Å². The first-order valence-electron chi connectivity index (χ1n) is 8.03. The smallest absolute Gasteiger partial charge is 0.144 e. The van der Waals surface area contributed by atoms with E-state index in [1.54, 1.807) is 0 Å². The third kappa shape index (κ3) is 1.98. The fourth-order valence-corrected chi connectivity index (χ4v) is 4.43. The van der Waals surface area contributed by atoms with Crippen molar-refractivity contribution >= 4 is 5.82 Å². The molecule has 20 heavy (non-hydrogen) atoms. The second kappa shape index (κ2) is 4.77. The van der Waals surface area contributed by atoms with Gasteiger partial charge in [-0.05, 0) is 68.4 Å². The number of hydrogen-bond donors (Lipinski definition) is 1. The number of rotatable bonds is 2. The van der Waals surface area contributed by atoms with Crippen molar-refractivity contribution in [1.82, 2.24) is 4.98 Å². The Morgan fingerprint density at radius 1 is 1.20 bits per heavy atom. The molecular formula is C17H21N3. The van der Waals surface area contributed by atoms with Crippen LogP contribution >= 0.6 is 0 Å². The largest absolute Gasteiger partial charge is 0.366 e. The predicted octanol–water partition coefficient (Wildman–Crippen LogP) is 3.43. The first-order valence-corrected chi connectivity index (χ1v) is 8.03. The van der Waals surface area contributed by atoms with Gasteiger partial charge in [-0.15, -0.1) is 0 Å². The molecule has 3 aliphatic rings. The second-order valence-electron chi connectivity index (χ2n) is 6.73. The van der Waals surface area contributed by atoms with E-state index in [9.17, 15) is 5.26 Å². The number of aryl methyl sites for hydroxylation is 2. The van der Waals surface area contributed by atoms with Crippen molar-refractivity contribution in [2.24, 2.45) is 11.8 Å². The molecule has 2 saturated carbocycles. The molecule has 4 rings (SSSR count). The summed E-state index contributed by atoms with van der Waals surface area (Å²) in [5.74, 6) is 2.58. The zero-order chi connectivity index (χ0) is 13.5. The Labute approximate surface area is 120 Å². The van der Waals surface area contributed by atoms with Gasteiger partial charge < -0.3 is 5.32 Å². The van der Waals surface area contributed by atoms with E-state index in [2.05, 4.69) is 17.5 Å². The average Bonchev–Trinajstić information content (AvgIpc) is 3.09. The Morgan fingerprint density at radius 3 is 2.85 bits per heavy atom. The van der Waals surface area contributed by atoms with E-state index in [4.69, 9.17) is 4.98 Å². The summed E-state index contributed by atoms with van der Waals surface area (Å²) in [7, 11) is 0. The fraction of sp³-hybridized carbons (Fsp3) is 0.647. The lowest BCUT2D eigenvalue weighted by atomic mass is 9.93. The van der Waals surface area contributed by atoms with Gasteiger partial charge in [-0.1, -0.05) is 6.42 Å². The fourth-order valence-electron chi connectivity index (χ4n) is 4.43. The van der Waals surface area contributed by atoms with Crippen molar-refractivity contribution in [3.8, 4) is 6.07 Å². The molecule has 0 saturated heterocycles. The quantitative estimate of drug-likeness (QED) is 0.893. The van der Waals surface area contributed by atoms with Crippen LogP contribution in [0, 0.1) is 23.2 Å². The summed E-state index contributed by atoms with van der Waals surface area (Å²) < 4.78 is 0. The van der Waals surface area contributed by atoms with Crippen molar-refractivity contribution < 1.29 is 0 Å². The highest BCUT2D eigenvalue weighted by Gasteiger charge is 2.39. The number of fused-ring (bicyclic) bond motifs is 3. The lowest BCUT2D eigenvalue weighted by molar-refractivity contribution is 0.438. The number of aromatic nitrogens is 1. The highest BCUT2D eigenvalue weighted by molar-refractivity contribution is 5.55. The van der Waals surface area contributed by atoms with E-state index in [0.717, 1.165) is 36.1 Å². The van der Waals surface area contributed by atoms with Crippen LogP contribution in [-0.2, 0) is 12.8 Å². The van der Waals surface area contributed by atoms with Gasteiger partial charge in [0, 0.05) is 11.7 Å². The normalized spacial score (nSPS) is 30.9. The van der Waals surface area contributed by atoms with Gasteiger partial charge in [-0.3, -0.25) is 0 Å². The molecule has 3 heteroatoms. The van der Waals surface area contributed by atoms with E-state index < -0.39 is 0 Å². The summed E-state index contributed by atoms with van der Waals surface area (Å²) in [6.45, 7) is 0. The highest BCUT2D eigenvalue weighted by atomic mass is 15.0. The standard InChI is InChI=1S/C17H21N3/c18-10-14-9-12-3-1-2-4-15(12)19-17(14)20-16-8-11-5-6-13(16)7-11/h9,11,13,16H,1-8H2,(H,19,20). The highest BCUT2D eigenvalue weighted by Crippen LogP contribution is 2.45. The lowest BCUT2D eigenvalue weighted by Gasteiger charge is -2.25. The molecule has 0 amide bonds. The Morgan fingerprint density at radius 2 is 2.10 bits per heavy atom. The van der Waals surface area contributed by atoms with Crippen LogP contribution in [0.15, 0.2) is 6.07 Å². The van der Waals surface area contributed by atoms with Gasteiger partial charge in [0.1, 0.15) is 11.9 Å². The maximum absolute atomic E-state index is 9.40. The maximum Gasteiger partial charge on any atom is 0.144 e. The van der Waals surface area contributed by atoms with E-state index in [0.29, 0.717) is 6.04 Å². The molecule has 2 bridgehead atoms. The molecule has 0 aliphatic heterocycles. The Kier molecular flexibility index (Phi) is 2.91. The molecule has 1 aromatic rings. The first-order chi connectivity index (χ1) is 9.83. The molecule has 3 nitrogen and oxygen atoms in total. The van der Waals surface area contributed by atoms with Crippen LogP contribution in [0.4, 0.5) is 5.82 Å². The number of hydrogen-bond acceptors (Lipinski definition) is 3. The molecule has 0 spiro atoms. The monoisotopic (exact) mass is 267 g/mol. The van der Waals surface area contributed by atoms with Crippen LogP contribution in [0.25, 0.3) is 0 Å². The molecule has 1 N–H and O–H groups in total. The van der Waals surface area contributed by atoms with E-state index in [-0.39, 0.29) is 0 Å². The number of pyridine rings is 1. The van der Waals surface area contributed by atoms with Crippen LogP contribution in [-0.4, -0.2) is 11.0 Å². The van der Waals surface area contributed by atoms with Crippen molar-refractivity contribution in [2.75, 3.05) is 5.32 Å². The van der Waals surface area contributed by atoms with Gasteiger partial charge >= 0.3 is 0 Å². The summed E-state index contributed by atoms with van der Waals surface area (Å²) >= 11 is 0. The summed E-state index contributed by atoms with van der Waals surface area (Å²) in [5.41, 5.74) is 3.26. The first kappa shape index (κ1) is 12.2. The van der Waals surface area contributed by atoms with Gasteiger partial charge in [-0.2, -0.15) is 5.26 Å². The summed E-state index contributed by atoms with van der Waals surface area (Å²) in [5, 5.41) is 13.0. The minimum absolute atomic E-state index is 0.551. The topological polar surface area (TPSA) is 48.7 Å². The number of anilines is 1. The number of nitrogens with zero attached hydrogens (tertiary/aromatic N) is 2. The summed E-state index contributed by atoms with van der Waals surface area (Å²) in [6.07, 6.45) is 10.1. The molecule has 3 aliphatic carbocycles. The molecule has 1 heterocycles. The van der Waals surface area contributed by atoms with Gasteiger partial charge in [0.25, 0.3) is 0 Å². The third-order valence-electron chi connectivity index (χ3n) is 5.48. The average molecular weight is 267 g/mol. The maximum atomic E-state index is 9.40.